The van der Waals surface area contributed by atoms with Crippen LogP contribution in [0.5, 0.6) is 0 Å². The first kappa shape index (κ1) is 28.2. The summed E-state index contributed by atoms with van der Waals surface area (Å²) in [5, 5.41) is 2.11. The highest BCUT2D eigenvalue weighted by Crippen LogP contribution is 2.39. The second-order valence-electron chi connectivity index (χ2n) is 12.7. The Morgan fingerprint density at radius 2 is 1.05 bits per heavy atom. The number of fused-ring (bicyclic) bond motifs is 1. The van der Waals surface area contributed by atoms with E-state index in [4.69, 9.17) is 4.74 Å². The molecule has 0 unspecified atom stereocenters. The molecule has 0 aliphatic heterocycles. The number of benzene rings is 5. The molecule has 3 heteroatoms. The molecular weight excluding hydrogens is 502 g/mol. The lowest BCUT2D eigenvalue weighted by atomic mass is 9.86. The average Bonchev–Trinajstić information content (AvgIpc) is 2.96. The van der Waals surface area contributed by atoms with Crippen molar-refractivity contribution in [2.75, 3.05) is 12.0 Å². The summed E-state index contributed by atoms with van der Waals surface area (Å²) in [5.41, 5.74) is 8.40. The molecule has 208 valence electrons. The van der Waals surface area contributed by atoms with Gasteiger partial charge in [-0.05, 0) is 80.8 Å². The molecule has 5 aromatic carbocycles. The van der Waals surface area contributed by atoms with Crippen LogP contribution in [0.4, 0.5) is 17.1 Å². The van der Waals surface area contributed by atoms with Crippen molar-refractivity contribution < 1.29 is 9.53 Å². The average molecular weight is 542 g/mol. The van der Waals surface area contributed by atoms with Crippen molar-refractivity contribution in [3.05, 3.63) is 126 Å². The number of nitrogens with zero attached hydrogens (tertiary/aromatic N) is 1. The van der Waals surface area contributed by atoms with Crippen LogP contribution < -0.4 is 4.90 Å². The summed E-state index contributed by atoms with van der Waals surface area (Å²) in [6, 6.07) is 38.1. The van der Waals surface area contributed by atoms with Crippen LogP contribution in [0.3, 0.4) is 0 Å². The Morgan fingerprint density at radius 3 is 1.51 bits per heavy atom. The molecule has 0 heterocycles. The maximum absolute atomic E-state index is 12.8. The summed E-state index contributed by atoms with van der Waals surface area (Å²) in [5.74, 6) is -0.339. The molecule has 0 fully saturated rings. The van der Waals surface area contributed by atoms with Crippen molar-refractivity contribution >= 4 is 33.8 Å². The molecular formula is C38H39NO2. The van der Waals surface area contributed by atoms with E-state index in [1.165, 1.54) is 18.2 Å². The number of rotatable bonds is 5. The summed E-state index contributed by atoms with van der Waals surface area (Å²) < 4.78 is 5.14. The fraction of sp³-hybridized carbons (Fsp3) is 0.237. The molecule has 0 saturated heterocycles. The summed E-state index contributed by atoms with van der Waals surface area (Å²) in [6.07, 6.45) is 0. The third-order valence-electron chi connectivity index (χ3n) is 7.73. The molecule has 0 saturated carbocycles. The second kappa shape index (κ2) is 10.9. The van der Waals surface area contributed by atoms with Gasteiger partial charge in [0.15, 0.2) is 0 Å². The van der Waals surface area contributed by atoms with Crippen molar-refractivity contribution in [3.8, 4) is 11.1 Å². The van der Waals surface area contributed by atoms with E-state index < -0.39 is 0 Å². The van der Waals surface area contributed by atoms with E-state index in [9.17, 15) is 4.79 Å². The molecule has 0 aromatic heterocycles. The van der Waals surface area contributed by atoms with Crippen LogP contribution in [0.2, 0.25) is 0 Å². The Bertz CT molecular complexity index is 1610. The minimum atomic E-state index is -0.339. The van der Waals surface area contributed by atoms with Crippen LogP contribution in [0.15, 0.2) is 109 Å². The van der Waals surface area contributed by atoms with Crippen molar-refractivity contribution in [2.45, 2.75) is 52.4 Å². The summed E-state index contributed by atoms with van der Waals surface area (Å²) >= 11 is 0. The predicted octanol–water partition coefficient (Wildman–Crippen LogP) is 10.4. The SMILES string of the molecule is COC(=O)c1ccc2ccccc2c1-c1ccc(N(c2ccc(C(C)(C)C)cc2)c2ccc(C(C)(C)C)cc2)cc1. The van der Waals surface area contributed by atoms with Gasteiger partial charge in [0.25, 0.3) is 0 Å². The first-order valence-electron chi connectivity index (χ1n) is 14.2. The molecule has 0 aliphatic carbocycles. The Hall–Kier alpha value is -4.37. The van der Waals surface area contributed by atoms with Crippen LogP contribution in [0.25, 0.3) is 21.9 Å². The van der Waals surface area contributed by atoms with Crippen LogP contribution in [0.1, 0.15) is 63.0 Å². The summed E-state index contributed by atoms with van der Waals surface area (Å²) in [6.45, 7) is 13.4. The normalized spacial score (nSPS) is 11.9. The van der Waals surface area contributed by atoms with E-state index >= 15 is 0 Å². The molecule has 41 heavy (non-hydrogen) atoms. The molecule has 5 rings (SSSR count). The van der Waals surface area contributed by atoms with Crippen LogP contribution >= 0.6 is 0 Å². The van der Waals surface area contributed by atoms with Crippen molar-refractivity contribution in [1.29, 1.82) is 0 Å². The van der Waals surface area contributed by atoms with Crippen molar-refractivity contribution in [3.63, 3.8) is 0 Å². The molecule has 0 amide bonds. The van der Waals surface area contributed by atoms with Crippen molar-refractivity contribution in [1.82, 2.24) is 0 Å². The third kappa shape index (κ3) is 5.76. The lowest BCUT2D eigenvalue weighted by Gasteiger charge is -2.28. The number of ether oxygens (including phenoxy) is 1. The Balaban J connectivity index is 1.62. The van der Waals surface area contributed by atoms with Gasteiger partial charge < -0.3 is 9.64 Å². The van der Waals surface area contributed by atoms with Gasteiger partial charge in [-0.25, -0.2) is 4.79 Å². The zero-order valence-corrected chi connectivity index (χ0v) is 25.2. The van der Waals surface area contributed by atoms with Gasteiger partial charge in [0, 0.05) is 22.6 Å². The molecule has 0 N–H and O–H groups in total. The molecule has 0 radical (unpaired) electrons. The van der Waals surface area contributed by atoms with Crippen molar-refractivity contribution in [2.24, 2.45) is 0 Å². The highest BCUT2D eigenvalue weighted by molar-refractivity contribution is 6.08. The highest BCUT2D eigenvalue weighted by Gasteiger charge is 2.20. The van der Waals surface area contributed by atoms with E-state index in [0.29, 0.717) is 5.56 Å². The number of hydrogen-bond acceptors (Lipinski definition) is 3. The van der Waals surface area contributed by atoms with Gasteiger partial charge in [-0.3, -0.25) is 0 Å². The molecule has 0 bridgehead atoms. The van der Waals surface area contributed by atoms with E-state index in [1.54, 1.807) is 0 Å². The standard InChI is InChI=1S/C38H39NO2/c1-37(2,3)28-15-21-31(22-16-28)39(32-23-17-29(18-24-32)38(4,5)6)30-19-12-27(13-20-30)35-33-11-9-8-10-26(33)14-25-34(35)36(40)41-7/h8-25H,1-7H3. The van der Waals surface area contributed by atoms with E-state index in [-0.39, 0.29) is 16.8 Å². The maximum Gasteiger partial charge on any atom is 0.338 e. The molecule has 0 aliphatic rings. The van der Waals surface area contributed by atoms with Crippen LogP contribution in [0, 0.1) is 0 Å². The summed E-state index contributed by atoms with van der Waals surface area (Å²) in [7, 11) is 1.43. The Labute approximate surface area is 244 Å². The number of carbonyl (C=O) groups is 1. The second-order valence-corrected chi connectivity index (χ2v) is 12.7. The quantitative estimate of drug-likeness (QED) is 0.207. The Morgan fingerprint density at radius 1 is 0.585 bits per heavy atom. The minimum Gasteiger partial charge on any atom is -0.465 e. The smallest absolute Gasteiger partial charge is 0.338 e. The number of carbonyl (C=O) groups excluding carboxylic acids is 1. The number of esters is 1. The predicted molar refractivity (Wildman–Crippen MR) is 173 cm³/mol. The van der Waals surface area contributed by atoms with Crippen LogP contribution in [-0.2, 0) is 15.6 Å². The molecule has 0 atom stereocenters. The molecule has 3 nitrogen and oxygen atoms in total. The Kier molecular flexibility index (Phi) is 7.48. The van der Waals surface area contributed by atoms with Gasteiger partial charge in [-0.1, -0.05) is 108 Å². The van der Waals surface area contributed by atoms with Gasteiger partial charge in [0.2, 0.25) is 0 Å². The zero-order valence-electron chi connectivity index (χ0n) is 25.2. The minimum absolute atomic E-state index is 0.0785. The van der Waals surface area contributed by atoms with E-state index in [1.807, 2.05) is 24.3 Å². The highest BCUT2D eigenvalue weighted by atomic mass is 16.5. The first-order valence-corrected chi connectivity index (χ1v) is 14.2. The van der Waals surface area contributed by atoms with E-state index in [0.717, 1.165) is 39.0 Å². The van der Waals surface area contributed by atoms with Gasteiger partial charge in [-0.15, -0.1) is 0 Å². The van der Waals surface area contributed by atoms with Gasteiger partial charge in [0.1, 0.15) is 0 Å². The van der Waals surface area contributed by atoms with Gasteiger partial charge >= 0.3 is 5.97 Å². The first-order chi connectivity index (χ1) is 19.5. The maximum atomic E-state index is 12.8. The fourth-order valence-electron chi connectivity index (χ4n) is 5.31. The zero-order chi connectivity index (χ0) is 29.4. The van der Waals surface area contributed by atoms with Crippen LogP contribution in [-0.4, -0.2) is 13.1 Å². The summed E-state index contributed by atoms with van der Waals surface area (Å²) in [4.78, 5) is 15.0. The molecule has 5 aromatic rings. The number of methoxy groups -OCH3 is 1. The lowest BCUT2D eigenvalue weighted by molar-refractivity contribution is 0.0602. The monoisotopic (exact) mass is 541 g/mol. The van der Waals surface area contributed by atoms with E-state index in [2.05, 4.69) is 131 Å². The largest absolute Gasteiger partial charge is 0.465 e. The fourth-order valence-corrected chi connectivity index (χ4v) is 5.31. The third-order valence-corrected chi connectivity index (χ3v) is 7.73. The lowest BCUT2D eigenvalue weighted by Crippen LogP contribution is -2.14. The molecule has 0 spiro atoms. The number of hydrogen-bond donors (Lipinski definition) is 0. The number of anilines is 3. The van der Waals surface area contributed by atoms with Gasteiger partial charge in [0.05, 0.1) is 12.7 Å². The van der Waals surface area contributed by atoms with Gasteiger partial charge in [-0.2, -0.15) is 0 Å². The topological polar surface area (TPSA) is 29.5 Å².